The van der Waals surface area contributed by atoms with Crippen molar-refractivity contribution in [3.8, 4) is 5.75 Å². The third kappa shape index (κ3) is 5.43. The molecule has 0 radical (unpaired) electrons. The summed E-state index contributed by atoms with van der Waals surface area (Å²) in [6, 6.07) is 5.43. The Morgan fingerprint density at radius 1 is 1.27 bits per heavy atom. The lowest BCUT2D eigenvalue weighted by Gasteiger charge is -2.29. The Morgan fingerprint density at radius 3 is 2.50 bits per heavy atom. The van der Waals surface area contributed by atoms with Crippen LogP contribution in [0.1, 0.15) is 18.4 Å². The van der Waals surface area contributed by atoms with Gasteiger partial charge in [-0.05, 0) is 37.5 Å². The lowest BCUT2D eigenvalue weighted by Crippen LogP contribution is -2.44. The Bertz CT molecular complexity index is 771. The van der Waals surface area contributed by atoms with Crippen molar-refractivity contribution in [1.29, 1.82) is 0 Å². The van der Waals surface area contributed by atoms with Gasteiger partial charge in [0.2, 0.25) is 21.8 Å². The fraction of sp³-hybridized carbons (Fsp3) is 0.529. The molecule has 0 aromatic heterocycles. The Morgan fingerprint density at radius 2 is 1.92 bits per heavy atom. The van der Waals surface area contributed by atoms with Gasteiger partial charge in [-0.3, -0.25) is 9.59 Å². The SMILES string of the molecule is COc1ccc(C)cc1NC(=O)CNC(=O)C1CCN(S(C)(=O)=O)CC1. The van der Waals surface area contributed by atoms with E-state index in [-0.39, 0.29) is 24.3 Å². The second-order valence-corrected chi connectivity index (χ2v) is 8.39. The van der Waals surface area contributed by atoms with E-state index in [1.54, 1.807) is 12.1 Å². The molecule has 1 saturated heterocycles. The van der Waals surface area contributed by atoms with Crippen LogP contribution in [-0.4, -0.2) is 57.5 Å². The van der Waals surface area contributed by atoms with Gasteiger partial charge >= 0.3 is 0 Å². The first kappa shape index (κ1) is 20.2. The molecule has 0 aliphatic carbocycles. The zero-order valence-electron chi connectivity index (χ0n) is 15.2. The molecule has 0 unspecified atom stereocenters. The first-order valence-electron chi connectivity index (χ1n) is 8.38. The smallest absolute Gasteiger partial charge is 0.243 e. The van der Waals surface area contributed by atoms with Gasteiger partial charge in [0.15, 0.2) is 0 Å². The number of piperidine rings is 1. The quantitative estimate of drug-likeness (QED) is 0.754. The average molecular weight is 383 g/mol. The number of benzene rings is 1. The fourth-order valence-corrected chi connectivity index (χ4v) is 3.75. The molecular weight excluding hydrogens is 358 g/mol. The van der Waals surface area contributed by atoms with E-state index < -0.39 is 10.0 Å². The minimum absolute atomic E-state index is 0.151. The number of ether oxygens (including phenoxy) is 1. The van der Waals surface area contributed by atoms with Crippen molar-refractivity contribution in [3.05, 3.63) is 23.8 Å². The van der Waals surface area contributed by atoms with Crippen LogP contribution >= 0.6 is 0 Å². The van der Waals surface area contributed by atoms with E-state index in [0.717, 1.165) is 11.8 Å². The van der Waals surface area contributed by atoms with Crippen molar-refractivity contribution in [3.63, 3.8) is 0 Å². The molecule has 0 saturated carbocycles. The van der Waals surface area contributed by atoms with Crippen molar-refractivity contribution in [2.24, 2.45) is 5.92 Å². The highest BCUT2D eigenvalue weighted by atomic mass is 32.2. The largest absolute Gasteiger partial charge is 0.495 e. The van der Waals surface area contributed by atoms with Crippen LogP contribution in [-0.2, 0) is 19.6 Å². The van der Waals surface area contributed by atoms with E-state index in [1.165, 1.54) is 11.4 Å². The number of rotatable bonds is 6. The number of aryl methyl sites for hydroxylation is 1. The maximum atomic E-state index is 12.2. The normalized spacial score (nSPS) is 16.1. The first-order chi connectivity index (χ1) is 12.2. The van der Waals surface area contributed by atoms with Gasteiger partial charge in [0.25, 0.3) is 0 Å². The summed E-state index contributed by atoms with van der Waals surface area (Å²) < 4.78 is 29.6. The van der Waals surface area contributed by atoms with Gasteiger partial charge in [0.05, 0.1) is 25.6 Å². The second-order valence-electron chi connectivity index (χ2n) is 6.41. The number of methoxy groups -OCH3 is 1. The van der Waals surface area contributed by atoms with E-state index in [1.807, 2.05) is 13.0 Å². The molecule has 2 N–H and O–H groups in total. The molecule has 1 fully saturated rings. The molecule has 2 amide bonds. The summed E-state index contributed by atoms with van der Waals surface area (Å²) in [6.07, 6.45) is 2.07. The molecule has 26 heavy (non-hydrogen) atoms. The Kier molecular flexibility index (Phi) is 6.60. The van der Waals surface area contributed by atoms with Gasteiger partial charge in [0.1, 0.15) is 5.75 Å². The zero-order chi connectivity index (χ0) is 19.3. The summed E-state index contributed by atoms with van der Waals surface area (Å²) in [7, 11) is -1.70. The van der Waals surface area contributed by atoms with E-state index >= 15 is 0 Å². The van der Waals surface area contributed by atoms with Crippen LogP contribution in [0, 0.1) is 12.8 Å². The lowest BCUT2D eigenvalue weighted by atomic mass is 9.97. The van der Waals surface area contributed by atoms with Gasteiger partial charge in [0, 0.05) is 19.0 Å². The van der Waals surface area contributed by atoms with Crippen molar-refractivity contribution >= 4 is 27.5 Å². The van der Waals surface area contributed by atoms with Crippen LogP contribution in [0.5, 0.6) is 5.75 Å². The van der Waals surface area contributed by atoms with Crippen molar-refractivity contribution in [2.75, 3.05) is 38.3 Å². The second kappa shape index (κ2) is 8.50. The summed E-state index contributed by atoms with van der Waals surface area (Å²) >= 11 is 0. The molecule has 1 aliphatic heterocycles. The molecule has 0 spiro atoms. The summed E-state index contributed by atoms with van der Waals surface area (Å²) in [4.78, 5) is 24.3. The van der Waals surface area contributed by atoms with E-state index in [0.29, 0.717) is 37.4 Å². The summed E-state index contributed by atoms with van der Waals surface area (Å²) in [5, 5.41) is 5.34. The zero-order valence-corrected chi connectivity index (χ0v) is 16.1. The highest BCUT2D eigenvalue weighted by molar-refractivity contribution is 7.88. The molecule has 1 aromatic rings. The average Bonchev–Trinajstić information content (AvgIpc) is 2.59. The Hall–Kier alpha value is -2.13. The molecule has 8 nitrogen and oxygen atoms in total. The molecule has 9 heteroatoms. The molecule has 2 rings (SSSR count). The lowest BCUT2D eigenvalue weighted by molar-refractivity contribution is -0.128. The number of carbonyl (C=O) groups is 2. The number of hydrogen-bond acceptors (Lipinski definition) is 5. The standard InChI is InChI=1S/C17H25N3O5S/c1-12-4-5-15(25-2)14(10-12)19-16(21)11-18-17(22)13-6-8-20(9-7-13)26(3,23)24/h4-5,10,13H,6-9,11H2,1-3H3,(H,18,22)(H,19,21). The highest BCUT2D eigenvalue weighted by Gasteiger charge is 2.29. The number of anilines is 1. The van der Waals surface area contributed by atoms with Crippen LogP contribution in [0.25, 0.3) is 0 Å². The van der Waals surface area contributed by atoms with Crippen LogP contribution in [0.4, 0.5) is 5.69 Å². The van der Waals surface area contributed by atoms with Crippen LogP contribution in [0.3, 0.4) is 0 Å². The Labute approximate surface area is 153 Å². The maximum absolute atomic E-state index is 12.2. The van der Waals surface area contributed by atoms with Crippen LogP contribution in [0.2, 0.25) is 0 Å². The third-order valence-corrected chi connectivity index (χ3v) is 5.65. The van der Waals surface area contributed by atoms with Crippen LogP contribution < -0.4 is 15.4 Å². The molecule has 1 aliphatic rings. The molecular formula is C17H25N3O5S. The predicted molar refractivity (Wildman–Crippen MR) is 98.5 cm³/mol. The van der Waals surface area contributed by atoms with Gasteiger partial charge in [-0.15, -0.1) is 0 Å². The summed E-state index contributed by atoms with van der Waals surface area (Å²) in [5.74, 6) is -0.321. The van der Waals surface area contributed by atoms with Crippen molar-refractivity contribution in [1.82, 2.24) is 9.62 Å². The van der Waals surface area contributed by atoms with E-state index in [9.17, 15) is 18.0 Å². The van der Waals surface area contributed by atoms with Gasteiger partial charge < -0.3 is 15.4 Å². The van der Waals surface area contributed by atoms with E-state index in [2.05, 4.69) is 10.6 Å². The summed E-state index contributed by atoms with van der Waals surface area (Å²) in [6.45, 7) is 2.40. The van der Waals surface area contributed by atoms with E-state index in [4.69, 9.17) is 4.74 Å². The highest BCUT2D eigenvalue weighted by Crippen LogP contribution is 2.25. The molecule has 0 bridgehead atoms. The van der Waals surface area contributed by atoms with Gasteiger partial charge in [-0.25, -0.2) is 12.7 Å². The maximum Gasteiger partial charge on any atom is 0.243 e. The number of carbonyl (C=O) groups excluding carboxylic acids is 2. The fourth-order valence-electron chi connectivity index (χ4n) is 2.88. The number of amides is 2. The monoisotopic (exact) mass is 383 g/mol. The molecule has 1 heterocycles. The molecule has 1 aromatic carbocycles. The number of hydrogen-bond donors (Lipinski definition) is 2. The van der Waals surface area contributed by atoms with Crippen molar-refractivity contribution in [2.45, 2.75) is 19.8 Å². The Balaban J connectivity index is 1.83. The first-order valence-corrected chi connectivity index (χ1v) is 10.2. The van der Waals surface area contributed by atoms with Gasteiger partial charge in [-0.2, -0.15) is 0 Å². The third-order valence-electron chi connectivity index (χ3n) is 4.35. The van der Waals surface area contributed by atoms with Crippen molar-refractivity contribution < 1.29 is 22.7 Å². The topological polar surface area (TPSA) is 105 Å². The molecule has 0 atom stereocenters. The minimum atomic E-state index is -3.22. The number of sulfonamides is 1. The van der Waals surface area contributed by atoms with Gasteiger partial charge in [-0.1, -0.05) is 6.07 Å². The minimum Gasteiger partial charge on any atom is -0.495 e. The number of nitrogens with one attached hydrogen (secondary N) is 2. The van der Waals surface area contributed by atoms with Crippen LogP contribution in [0.15, 0.2) is 18.2 Å². The summed E-state index contributed by atoms with van der Waals surface area (Å²) in [5.41, 5.74) is 1.52. The number of nitrogens with zero attached hydrogens (tertiary/aromatic N) is 1. The molecule has 144 valence electrons. The predicted octanol–water partition coefficient (Wildman–Crippen LogP) is 0.730.